The van der Waals surface area contributed by atoms with Crippen LogP contribution in [0.15, 0.2) is 37.7 Å². The average Bonchev–Trinajstić information content (AvgIpc) is 4.21. The molecule has 26 nitrogen and oxygen atoms in total. The van der Waals surface area contributed by atoms with Gasteiger partial charge in [-0.3, -0.25) is 9.59 Å². The Kier molecular flexibility index (Phi) is 13.6. The molecular weight excluding hydrogens is 885 g/mol. The molecule has 0 aromatic carbocycles. The molecule has 6 aromatic rings. The number of aryl methyl sites for hydroxylation is 2. The summed E-state index contributed by atoms with van der Waals surface area (Å²) < 4.78 is 7.14. The van der Waals surface area contributed by atoms with Crippen LogP contribution < -0.4 is 31.9 Å². The molecule has 8 atom stereocenters. The lowest BCUT2D eigenvalue weighted by molar-refractivity contribution is -0.126. The first kappa shape index (κ1) is 46.5. The number of rotatable bonds is 18. The number of aliphatic hydroxyl groups excluding tert-OH is 6. The van der Waals surface area contributed by atoms with Crippen molar-refractivity contribution in [2.45, 2.75) is 112 Å². The summed E-state index contributed by atoms with van der Waals surface area (Å²) in [6.45, 7) is -0.528. The fourth-order valence-electron chi connectivity index (χ4n) is 9.60. The number of hydrogen-bond donors (Lipinski definition) is 12. The fourth-order valence-corrected chi connectivity index (χ4v) is 9.60. The van der Waals surface area contributed by atoms with E-state index in [1.54, 1.807) is 34.4 Å². The third-order valence-electron chi connectivity index (χ3n) is 13.1. The number of imidazole rings is 4. The van der Waals surface area contributed by atoms with Crippen LogP contribution in [0.25, 0.3) is 22.3 Å². The van der Waals surface area contributed by atoms with Crippen molar-refractivity contribution in [3.8, 4) is 0 Å². The van der Waals surface area contributed by atoms with E-state index in [1.165, 1.54) is 0 Å². The van der Waals surface area contributed by atoms with Gasteiger partial charge in [-0.15, -0.1) is 0 Å². The molecule has 0 saturated heterocycles. The van der Waals surface area contributed by atoms with E-state index in [4.69, 9.17) is 19.9 Å². The number of fused-ring (bicyclic) bond motifs is 2. The van der Waals surface area contributed by atoms with E-state index in [0.717, 1.165) is 37.1 Å². The van der Waals surface area contributed by atoms with Crippen LogP contribution in [0, 0.1) is 0 Å². The second kappa shape index (κ2) is 19.9. The molecule has 0 bridgehead atoms. The van der Waals surface area contributed by atoms with Gasteiger partial charge < -0.3 is 80.8 Å². The lowest BCUT2D eigenvalue weighted by atomic mass is 9.91. The Morgan fingerprint density at radius 1 is 0.588 bits per heavy atom. The van der Waals surface area contributed by atoms with Gasteiger partial charge in [0.15, 0.2) is 34.0 Å². The Bertz CT molecular complexity index is 2530. The largest absolute Gasteiger partial charge is 0.388 e. The minimum absolute atomic E-state index is 0.0161. The first-order valence-corrected chi connectivity index (χ1v) is 22.8. The number of hydrogen-bond acceptors (Lipinski definition) is 20. The normalized spacial score (nSPS) is 26.1. The summed E-state index contributed by atoms with van der Waals surface area (Å²) in [5.74, 6) is 0.322. The molecule has 3 aliphatic carbocycles. The predicted octanol–water partition coefficient (Wildman–Crippen LogP) is -2.14. The van der Waals surface area contributed by atoms with Crippen LogP contribution in [-0.4, -0.2) is 175 Å². The molecule has 12 N–H and O–H groups in total. The van der Waals surface area contributed by atoms with Gasteiger partial charge in [-0.05, 0) is 38.5 Å². The van der Waals surface area contributed by atoms with Gasteiger partial charge in [0.1, 0.15) is 37.6 Å². The molecule has 6 heterocycles. The maximum atomic E-state index is 12.0. The van der Waals surface area contributed by atoms with Gasteiger partial charge in [0.05, 0.1) is 60.9 Å². The van der Waals surface area contributed by atoms with Gasteiger partial charge in [-0.25, -0.2) is 19.9 Å². The van der Waals surface area contributed by atoms with Crippen LogP contribution in [0.2, 0.25) is 0 Å². The van der Waals surface area contributed by atoms with E-state index in [-0.39, 0.29) is 24.9 Å². The maximum absolute atomic E-state index is 12.0. The number of nitrogens with zero attached hydrogens (tertiary/aromatic N) is 12. The van der Waals surface area contributed by atoms with E-state index < -0.39 is 73.6 Å². The monoisotopic (exact) mass is 942 g/mol. The summed E-state index contributed by atoms with van der Waals surface area (Å²) in [7, 11) is 3.81. The zero-order chi connectivity index (χ0) is 47.6. The van der Waals surface area contributed by atoms with Crippen LogP contribution in [-0.2, 0) is 36.5 Å². The summed E-state index contributed by atoms with van der Waals surface area (Å²) in [5.41, 5.74) is 3.56. The van der Waals surface area contributed by atoms with Gasteiger partial charge >= 0.3 is 0 Å². The number of amides is 2. The van der Waals surface area contributed by atoms with Crippen molar-refractivity contribution in [1.82, 2.24) is 68.8 Å². The van der Waals surface area contributed by atoms with Crippen LogP contribution in [0.5, 0.6) is 0 Å². The fraction of sp³-hybridized carbons (Fsp3) is 0.571. The molecule has 1 unspecified atom stereocenters. The van der Waals surface area contributed by atoms with Crippen LogP contribution in [0.4, 0.5) is 23.5 Å². The average molecular weight is 943 g/mol. The van der Waals surface area contributed by atoms with E-state index in [0.29, 0.717) is 71.8 Å². The van der Waals surface area contributed by atoms with Crippen molar-refractivity contribution in [2.24, 2.45) is 14.1 Å². The molecule has 9 rings (SSSR count). The number of aliphatic hydroxyl groups is 6. The minimum atomic E-state index is -1.28. The summed E-state index contributed by atoms with van der Waals surface area (Å²) in [5, 5.41) is 81.6. The second-order valence-corrected chi connectivity index (χ2v) is 17.9. The van der Waals surface area contributed by atoms with Crippen LogP contribution >= 0.6 is 0 Å². The van der Waals surface area contributed by atoms with Gasteiger partial charge in [-0.1, -0.05) is 0 Å². The van der Waals surface area contributed by atoms with Gasteiger partial charge in [-0.2, -0.15) is 19.9 Å². The third kappa shape index (κ3) is 9.86. The Hall–Kier alpha value is -6.58. The molecule has 0 spiro atoms. The molecule has 26 heteroatoms. The smallest absolute Gasteiger partial charge is 0.246 e. The van der Waals surface area contributed by atoms with Gasteiger partial charge in [0, 0.05) is 64.5 Å². The van der Waals surface area contributed by atoms with E-state index >= 15 is 0 Å². The molecule has 6 aromatic heterocycles. The van der Waals surface area contributed by atoms with Crippen molar-refractivity contribution in [3.05, 3.63) is 49.1 Å². The van der Waals surface area contributed by atoms with Crippen molar-refractivity contribution < 1.29 is 40.2 Å². The number of carbonyl (C=O) groups is 2. The SMILES string of the molecule is Cn1cnc(CCNc2nc(NC3CCC(Nc4nc(NCCc5cn(C)cn5)nc5c4ncn5[C@H]4C[C@H](NC(=O)CO)[C@@H](O)[C@H]4O)CC3)c3ncn(C4C[C@H](NC(=O)CO)[C@@H](O)[C@H]4O)c3n2)c1. The van der Waals surface area contributed by atoms with Crippen molar-refractivity contribution in [3.63, 3.8) is 0 Å². The summed E-state index contributed by atoms with van der Waals surface area (Å²) in [6, 6.07) is -3.00. The summed E-state index contributed by atoms with van der Waals surface area (Å²) in [4.78, 5) is 61.5. The number of carbonyl (C=O) groups excluding carboxylic acids is 2. The topological polar surface area (TPSA) is 351 Å². The predicted molar refractivity (Wildman–Crippen MR) is 244 cm³/mol. The number of anilines is 4. The van der Waals surface area contributed by atoms with Gasteiger partial charge in [0.25, 0.3) is 0 Å². The molecule has 364 valence electrons. The lowest BCUT2D eigenvalue weighted by Gasteiger charge is -2.30. The molecule has 2 amide bonds. The first-order valence-electron chi connectivity index (χ1n) is 22.8. The molecular formula is C42H58N18O8. The molecule has 3 saturated carbocycles. The maximum Gasteiger partial charge on any atom is 0.246 e. The zero-order valence-corrected chi connectivity index (χ0v) is 37.6. The highest BCUT2D eigenvalue weighted by atomic mass is 16.3. The minimum Gasteiger partial charge on any atom is -0.388 e. The van der Waals surface area contributed by atoms with E-state index in [2.05, 4.69) is 51.8 Å². The number of nitrogens with one attached hydrogen (secondary N) is 6. The summed E-state index contributed by atoms with van der Waals surface area (Å²) >= 11 is 0. The highest BCUT2D eigenvalue weighted by molar-refractivity contribution is 5.86. The highest BCUT2D eigenvalue weighted by Gasteiger charge is 2.45. The van der Waals surface area contributed by atoms with Crippen LogP contribution in [0.1, 0.15) is 62.0 Å². The van der Waals surface area contributed by atoms with E-state index in [1.807, 2.05) is 35.6 Å². The Morgan fingerprint density at radius 3 is 1.37 bits per heavy atom. The van der Waals surface area contributed by atoms with Crippen molar-refractivity contribution in [2.75, 3.05) is 47.6 Å². The molecule has 0 aliphatic heterocycles. The highest BCUT2D eigenvalue weighted by Crippen LogP contribution is 2.37. The molecule has 3 fully saturated rings. The number of aromatic nitrogens is 12. The van der Waals surface area contributed by atoms with Crippen LogP contribution in [0.3, 0.4) is 0 Å². The lowest BCUT2D eigenvalue weighted by Crippen LogP contribution is -2.44. The Labute approximate surface area is 388 Å². The third-order valence-corrected chi connectivity index (χ3v) is 13.1. The quantitative estimate of drug-likeness (QED) is 0.0438. The van der Waals surface area contributed by atoms with Gasteiger partial charge in [0.2, 0.25) is 23.7 Å². The molecule has 3 aliphatic rings. The second-order valence-electron chi connectivity index (χ2n) is 17.9. The molecule has 68 heavy (non-hydrogen) atoms. The summed E-state index contributed by atoms with van der Waals surface area (Å²) in [6.07, 6.45) is 9.87. The Balaban J connectivity index is 0.926. The zero-order valence-electron chi connectivity index (χ0n) is 37.6. The standard InChI is InChI=1S/C42H58N18O8/c1-57-13-23(45-17-57)7-9-43-41-53-37(31-39(55-41)59(19-47-31)27-11-25(33(65)35(27)67)51-29(63)15-61)49-21-3-5-22(6-4-21)50-38-32-40(56-42(54-38)44-10-8-24-14-58(2)18-46-24)60(20-48-32)28-12-26(34(66)36(28)68)52-30(64)16-62/h13-14,17-22,25-28,33-36,61-62,65-68H,3-12,15-16H2,1-2H3,(H,51,63)(H,52,64)(H2,43,49,53,55)(H2,44,50,54,56)/t21?,22?,25-,26-,27-,28?,33+,34+,35-,36-/m0/s1. The Morgan fingerprint density at radius 2 is 1.00 bits per heavy atom. The van der Waals surface area contributed by atoms with Crippen molar-refractivity contribution in [1.29, 1.82) is 0 Å². The van der Waals surface area contributed by atoms with E-state index in [9.17, 15) is 40.2 Å². The molecule has 0 radical (unpaired) electrons. The first-order chi connectivity index (χ1) is 32.8. The van der Waals surface area contributed by atoms with Crippen molar-refractivity contribution >= 4 is 57.7 Å².